The van der Waals surface area contributed by atoms with Gasteiger partial charge < -0.3 is 10.6 Å². The first kappa shape index (κ1) is 13.4. The summed E-state index contributed by atoms with van der Waals surface area (Å²) in [6.45, 7) is 1.78. The van der Waals surface area contributed by atoms with Crippen LogP contribution in [0.25, 0.3) is 0 Å². The minimum Gasteiger partial charge on any atom is -0.326 e. The van der Waals surface area contributed by atoms with E-state index >= 15 is 0 Å². The maximum Gasteiger partial charge on any atom is 0.322 e. The number of benzene rings is 1. The van der Waals surface area contributed by atoms with Gasteiger partial charge in [0, 0.05) is 10.7 Å². The molecule has 1 heterocycles. The molecule has 2 rings (SSSR count). The summed E-state index contributed by atoms with van der Waals surface area (Å²) in [6.07, 6.45) is -0.122. The van der Waals surface area contributed by atoms with Crippen LogP contribution in [0.3, 0.4) is 0 Å². The van der Waals surface area contributed by atoms with Crippen molar-refractivity contribution in [3.63, 3.8) is 0 Å². The van der Waals surface area contributed by atoms with Gasteiger partial charge in [0.2, 0.25) is 5.91 Å². The Balaban J connectivity index is 2.00. The zero-order chi connectivity index (χ0) is 14.0. The summed E-state index contributed by atoms with van der Waals surface area (Å²) < 4.78 is 0. The first-order chi connectivity index (χ1) is 8.97. The Morgan fingerprint density at radius 3 is 2.79 bits per heavy atom. The highest BCUT2D eigenvalue weighted by Crippen LogP contribution is 2.23. The molecular weight excluding hydrogens is 270 g/mol. The van der Waals surface area contributed by atoms with Crippen LogP contribution < -0.4 is 16.0 Å². The van der Waals surface area contributed by atoms with Crippen LogP contribution in [0.4, 0.5) is 10.5 Å². The number of carbonyl (C=O) groups is 3. The van der Waals surface area contributed by atoms with Gasteiger partial charge in [0.05, 0.1) is 6.42 Å². The molecule has 0 spiro atoms. The number of urea groups is 1. The minimum absolute atomic E-state index is 0.122. The second-order valence-electron chi connectivity index (χ2n) is 4.18. The average Bonchev–Trinajstić information content (AvgIpc) is 2.64. The van der Waals surface area contributed by atoms with Gasteiger partial charge in [-0.05, 0) is 24.6 Å². The Bertz CT molecular complexity index is 559. The molecule has 1 aliphatic heterocycles. The molecule has 0 radical (unpaired) electrons. The molecule has 1 saturated heterocycles. The topological polar surface area (TPSA) is 87.3 Å². The molecule has 1 aliphatic rings. The Morgan fingerprint density at radius 2 is 2.16 bits per heavy atom. The predicted molar refractivity (Wildman–Crippen MR) is 69.9 cm³/mol. The van der Waals surface area contributed by atoms with Crippen LogP contribution in [0, 0.1) is 6.92 Å². The fourth-order valence-electron chi connectivity index (χ4n) is 1.73. The smallest absolute Gasteiger partial charge is 0.322 e. The van der Waals surface area contributed by atoms with Gasteiger partial charge in [0.15, 0.2) is 0 Å². The lowest BCUT2D eigenvalue weighted by Crippen LogP contribution is -2.33. The van der Waals surface area contributed by atoms with Crippen LogP contribution in [0.5, 0.6) is 0 Å². The van der Waals surface area contributed by atoms with Crippen molar-refractivity contribution < 1.29 is 14.4 Å². The normalized spacial score (nSPS) is 17.9. The molecule has 0 aromatic heterocycles. The van der Waals surface area contributed by atoms with E-state index in [1.807, 2.05) is 0 Å². The third-order valence-electron chi connectivity index (χ3n) is 2.79. The van der Waals surface area contributed by atoms with Crippen molar-refractivity contribution in [3.8, 4) is 0 Å². The first-order valence-corrected chi connectivity index (χ1v) is 6.01. The number of hydrogen-bond donors (Lipinski definition) is 3. The quantitative estimate of drug-likeness (QED) is 0.727. The molecule has 4 amide bonds. The predicted octanol–water partition coefficient (Wildman–Crippen LogP) is 1.19. The largest absolute Gasteiger partial charge is 0.326 e. The number of rotatable bonds is 3. The molecule has 0 bridgehead atoms. The van der Waals surface area contributed by atoms with Gasteiger partial charge in [0.1, 0.15) is 6.04 Å². The van der Waals surface area contributed by atoms with Crippen LogP contribution in [0.2, 0.25) is 5.02 Å². The van der Waals surface area contributed by atoms with Gasteiger partial charge in [-0.1, -0.05) is 17.7 Å². The summed E-state index contributed by atoms with van der Waals surface area (Å²) in [5.74, 6) is -0.865. The Labute approximate surface area is 114 Å². The van der Waals surface area contributed by atoms with E-state index in [4.69, 9.17) is 11.6 Å². The van der Waals surface area contributed by atoms with E-state index in [2.05, 4.69) is 16.0 Å². The highest BCUT2D eigenvalue weighted by molar-refractivity contribution is 6.31. The zero-order valence-corrected chi connectivity index (χ0v) is 10.9. The number of imide groups is 1. The molecule has 0 saturated carbocycles. The first-order valence-electron chi connectivity index (χ1n) is 5.63. The lowest BCUT2D eigenvalue weighted by Gasteiger charge is -2.11. The van der Waals surface area contributed by atoms with Gasteiger partial charge in [-0.25, -0.2) is 4.79 Å². The van der Waals surface area contributed by atoms with Crippen LogP contribution in [-0.4, -0.2) is 23.9 Å². The van der Waals surface area contributed by atoms with Gasteiger partial charge >= 0.3 is 6.03 Å². The van der Waals surface area contributed by atoms with Crippen molar-refractivity contribution in [2.45, 2.75) is 19.4 Å². The third-order valence-corrected chi connectivity index (χ3v) is 3.20. The van der Waals surface area contributed by atoms with Crippen LogP contribution in [0.1, 0.15) is 12.0 Å². The summed E-state index contributed by atoms with van der Waals surface area (Å²) in [5.41, 5.74) is 1.33. The van der Waals surface area contributed by atoms with Crippen LogP contribution in [-0.2, 0) is 9.59 Å². The molecule has 1 fully saturated rings. The maximum absolute atomic E-state index is 11.8. The van der Waals surface area contributed by atoms with Crippen molar-refractivity contribution in [2.24, 2.45) is 0 Å². The highest BCUT2D eigenvalue weighted by atomic mass is 35.5. The van der Waals surface area contributed by atoms with E-state index in [1.165, 1.54) is 0 Å². The molecule has 6 nitrogen and oxygen atoms in total. The highest BCUT2D eigenvalue weighted by Gasteiger charge is 2.31. The molecule has 3 N–H and O–H groups in total. The lowest BCUT2D eigenvalue weighted by molar-refractivity contribution is -0.124. The fourth-order valence-corrected chi connectivity index (χ4v) is 1.91. The molecule has 7 heteroatoms. The maximum atomic E-state index is 11.8. The minimum atomic E-state index is -0.827. The van der Waals surface area contributed by atoms with Crippen molar-refractivity contribution in [2.75, 3.05) is 5.32 Å². The van der Waals surface area contributed by atoms with Gasteiger partial charge in [0.25, 0.3) is 5.91 Å². The fraction of sp³-hybridized carbons (Fsp3) is 0.250. The summed E-state index contributed by atoms with van der Waals surface area (Å²) in [5, 5.41) is 7.63. The van der Waals surface area contributed by atoms with Crippen molar-refractivity contribution in [3.05, 3.63) is 28.8 Å². The number of amides is 4. The second-order valence-corrected chi connectivity index (χ2v) is 4.59. The number of anilines is 1. The van der Waals surface area contributed by atoms with Gasteiger partial charge in [-0.15, -0.1) is 0 Å². The van der Waals surface area contributed by atoms with E-state index in [-0.39, 0.29) is 12.3 Å². The van der Waals surface area contributed by atoms with E-state index in [0.29, 0.717) is 10.7 Å². The van der Waals surface area contributed by atoms with E-state index in [0.717, 1.165) is 5.56 Å². The van der Waals surface area contributed by atoms with E-state index in [9.17, 15) is 14.4 Å². The Hall–Kier alpha value is -2.08. The number of hydrogen-bond acceptors (Lipinski definition) is 3. The molecule has 1 atom stereocenters. The molecule has 1 aromatic rings. The molecule has 0 unspecified atom stereocenters. The van der Waals surface area contributed by atoms with Crippen molar-refractivity contribution >= 4 is 35.1 Å². The summed E-state index contributed by atoms with van der Waals surface area (Å²) >= 11 is 5.94. The molecule has 19 heavy (non-hydrogen) atoms. The van der Waals surface area contributed by atoms with E-state index in [1.54, 1.807) is 25.1 Å². The molecule has 100 valence electrons. The second kappa shape index (κ2) is 5.27. The average molecular weight is 282 g/mol. The number of carbonyl (C=O) groups excluding carboxylic acids is 3. The lowest BCUT2D eigenvalue weighted by atomic mass is 10.1. The molecule has 0 aliphatic carbocycles. The Kier molecular flexibility index (Phi) is 3.71. The SMILES string of the molecule is Cc1c(Cl)cccc1NC(=O)C[C@H]1NC(=O)NC1=O. The molecular formula is C12H12ClN3O3. The van der Waals surface area contributed by atoms with Crippen LogP contribution in [0.15, 0.2) is 18.2 Å². The Morgan fingerprint density at radius 1 is 1.42 bits per heavy atom. The van der Waals surface area contributed by atoms with Gasteiger partial charge in [-0.3, -0.25) is 14.9 Å². The van der Waals surface area contributed by atoms with Crippen molar-refractivity contribution in [1.82, 2.24) is 10.6 Å². The van der Waals surface area contributed by atoms with E-state index < -0.39 is 18.0 Å². The van der Waals surface area contributed by atoms with Crippen LogP contribution >= 0.6 is 11.6 Å². The zero-order valence-electron chi connectivity index (χ0n) is 10.1. The summed E-state index contributed by atoms with van der Waals surface area (Å²) in [6, 6.07) is 3.74. The molecule has 1 aromatic carbocycles. The third kappa shape index (κ3) is 3.03. The van der Waals surface area contributed by atoms with Gasteiger partial charge in [-0.2, -0.15) is 0 Å². The monoisotopic (exact) mass is 281 g/mol. The number of nitrogens with one attached hydrogen (secondary N) is 3. The summed E-state index contributed by atoms with van der Waals surface area (Å²) in [4.78, 5) is 34.0. The standard InChI is InChI=1S/C12H12ClN3O3/c1-6-7(13)3-2-4-8(6)14-10(17)5-9-11(18)16-12(19)15-9/h2-4,9H,5H2,1H3,(H,14,17)(H2,15,16,18,19)/t9-/m1/s1. The number of halogens is 1. The van der Waals surface area contributed by atoms with Crippen molar-refractivity contribution in [1.29, 1.82) is 0 Å². The summed E-state index contributed by atoms with van der Waals surface area (Å²) in [7, 11) is 0.